The molecule has 0 unspecified atom stereocenters. The monoisotopic (exact) mass is 521 g/mol. The number of ether oxygens (including phenoxy) is 3. The van der Waals surface area contributed by atoms with Gasteiger partial charge in [-0.1, -0.05) is 6.08 Å². The van der Waals surface area contributed by atoms with Gasteiger partial charge in [0.15, 0.2) is 5.54 Å². The van der Waals surface area contributed by atoms with Gasteiger partial charge in [0.1, 0.15) is 22.6 Å². The molecular formula is C26H36FN3O7. The molecule has 0 fully saturated rings. The van der Waals surface area contributed by atoms with Crippen LogP contribution in [0.1, 0.15) is 74.3 Å². The topological polar surface area (TPSA) is 114 Å². The lowest BCUT2D eigenvalue weighted by molar-refractivity contribution is -0.132. The molecule has 0 spiro atoms. The number of nitrogens with one attached hydrogen (secondary N) is 1. The molecule has 0 saturated carbocycles. The first kappa shape index (κ1) is 29.6. The Labute approximate surface area is 216 Å². The number of hydrazine groups is 1. The number of rotatable bonds is 3. The smallest absolute Gasteiger partial charge is 0.430 e. The van der Waals surface area contributed by atoms with E-state index in [1.807, 2.05) is 0 Å². The Bertz CT molecular complexity index is 1100. The van der Waals surface area contributed by atoms with Gasteiger partial charge in [-0.25, -0.2) is 29.1 Å². The van der Waals surface area contributed by atoms with E-state index in [9.17, 15) is 23.6 Å². The Hall–Kier alpha value is -3.63. The summed E-state index contributed by atoms with van der Waals surface area (Å²) in [4.78, 5) is 54.3. The van der Waals surface area contributed by atoms with E-state index in [0.29, 0.717) is 9.91 Å². The van der Waals surface area contributed by atoms with Crippen molar-refractivity contribution in [3.8, 4) is 0 Å². The predicted molar refractivity (Wildman–Crippen MR) is 134 cm³/mol. The lowest BCUT2D eigenvalue weighted by atomic mass is 9.87. The van der Waals surface area contributed by atoms with Gasteiger partial charge in [0, 0.05) is 12.0 Å². The Balaban J connectivity index is 2.80. The van der Waals surface area contributed by atoms with E-state index >= 15 is 0 Å². The van der Waals surface area contributed by atoms with Crippen LogP contribution >= 0.6 is 0 Å². The maximum Gasteiger partial charge on any atom is 0.430 e. The minimum absolute atomic E-state index is 0.0259. The van der Waals surface area contributed by atoms with E-state index in [4.69, 9.17) is 14.2 Å². The van der Waals surface area contributed by atoms with E-state index in [1.165, 1.54) is 12.1 Å². The molecule has 1 aliphatic rings. The predicted octanol–water partition coefficient (Wildman–Crippen LogP) is 5.56. The normalized spacial score (nSPS) is 17.6. The Morgan fingerprint density at radius 1 is 1.00 bits per heavy atom. The molecule has 11 heteroatoms. The number of imide groups is 1. The van der Waals surface area contributed by atoms with Gasteiger partial charge in [-0.2, -0.15) is 5.01 Å². The molecule has 0 aliphatic carbocycles. The Morgan fingerprint density at radius 3 is 2.03 bits per heavy atom. The lowest BCUT2D eigenvalue weighted by Crippen LogP contribution is -2.63. The van der Waals surface area contributed by atoms with Gasteiger partial charge in [-0.05, 0) is 80.5 Å². The van der Waals surface area contributed by atoms with Crippen LogP contribution in [0.4, 0.5) is 24.5 Å². The second-order valence-electron chi connectivity index (χ2n) is 11.6. The number of carbonyl (C=O) groups excluding carboxylic acids is 4. The molecule has 1 aromatic carbocycles. The number of amides is 4. The van der Waals surface area contributed by atoms with Crippen molar-refractivity contribution in [1.82, 2.24) is 10.4 Å². The molecule has 1 aromatic rings. The maximum absolute atomic E-state index is 14.6. The van der Waals surface area contributed by atoms with Crippen molar-refractivity contribution in [2.45, 2.75) is 91.1 Å². The van der Waals surface area contributed by atoms with Crippen molar-refractivity contribution in [1.29, 1.82) is 0 Å². The highest BCUT2D eigenvalue weighted by molar-refractivity contribution is 6.21. The van der Waals surface area contributed by atoms with Crippen molar-refractivity contribution < 1.29 is 37.8 Å². The van der Waals surface area contributed by atoms with Crippen LogP contribution in [-0.2, 0) is 24.5 Å². The average Bonchev–Trinajstić information content (AvgIpc) is 2.91. The number of hydrogen-bond acceptors (Lipinski definition) is 7. The largest absolute Gasteiger partial charge is 0.443 e. The van der Waals surface area contributed by atoms with Crippen molar-refractivity contribution in [3.05, 3.63) is 42.2 Å². The molecule has 0 bridgehead atoms. The fourth-order valence-corrected chi connectivity index (χ4v) is 3.64. The lowest BCUT2D eigenvalue weighted by Gasteiger charge is -2.39. The third-order valence-electron chi connectivity index (χ3n) is 4.78. The van der Waals surface area contributed by atoms with Crippen molar-refractivity contribution >= 4 is 29.9 Å². The molecular weight excluding hydrogens is 485 g/mol. The SMILES string of the molecule is C=CC[C@]1(N(NC(=O)OC(C)(C)C)C(=O)OC(C)(C)C)C(=O)N(C(=O)OC(C)(C)C)c2ccc(F)cc21. The molecule has 0 saturated heterocycles. The third kappa shape index (κ3) is 6.78. The number of anilines is 1. The molecule has 1 N–H and O–H groups in total. The number of hydrogen-bond donors (Lipinski definition) is 1. The van der Waals surface area contributed by atoms with Crippen LogP contribution in [0.5, 0.6) is 0 Å². The molecule has 10 nitrogen and oxygen atoms in total. The summed E-state index contributed by atoms with van der Waals surface area (Å²) in [6.45, 7) is 18.1. The fraction of sp³-hybridized carbons (Fsp3) is 0.538. The number of benzene rings is 1. The van der Waals surface area contributed by atoms with Crippen LogP contribution in [0.15, 0.2) is 30.9 Å². The van der Waals surface area contributed by atoms with E-state index < -0.39 is 52.3 Å². The van der Waals surface area contributed by atoms with E-state index in [-0.39, 0.29) is 17.7 Å². The third-order valence-corrected chi connectivity index (χ3v) is 4.78. The van der Waals surface area contributed by atoms with Crippen molar-refractivity contribution in [2.75, 3.05) is 4.90 Å². The highest BCUT2D eigenvalue weighted by atomic mass is 19.1. The van der Waals surface area contributed by atoms with Crippen molar-refractivity contribution in [2.24, 2.45) is 0 Å². The molecule has 1 aliphatic heterocycles. The Morgan fingerprint density at radius 2 is 1.54 bits per heavy atom. The summed E-state index contributed by atoms with van der Waals surface area (Å²) in [6.07, 6.45) is -2.29. The highest BCUT2D eigenvalue weighted by Crippen LogP contribution is 2.47. The number of halogens is 1. The molecule has 37 heavy (non-hydrogen) atoms. The summed E-state index contributed by atoms with van der Waals surface area (Å²) in [5.74, 6) is -1.73. The maximum atomic E-state index is 14.6. The summed E-state index contributed by atoms with van der Waals surface area (Å²) in [5, 5.41) is 0.624. The van der Waals surface area contributed by atoms with Gasteiger partial charge in [0.25, 0.3) is 5.91 Å². The first-order valence-corrected chi connectivity index (χ1v) is 11.7. The van der Waals surface area contributed by atoms with Crippen LogP contribution < -0.4 is 10.3 Å². The van der Waals surface area contributed by atoms with E-state index in [2.05, 4.69) is 12.0 Å². The van der Waals surface area contributed by atoms with Crippen molar-refractivity contribution in [3.63, 3.8) is 0 Å². The molecule has 1 atom stereocenters. The molecule has 2 rings (SSSR count). The standard InChI is InChI=1S/C26H36FN3O7/c1-11-14-26(30(22(34)37-25(8,9)10)28-20(32)35-23(2,3)4)17-15-16(27)12-13-18(17)29(19(26)31)21(33)36-24(5,6)7/h11-13,15H,1,14H2,2-10H3,(H,28,32)/t26-/m1/s1. The zero-order valence-electron chi connectivity index (χ0n) is 22.9. The Kier molecular flexibility index (Phi) is 8.02. The first-order chi connectivity index (χ1) is 16.7. The summed E-state index contributed by atoms with van der Waals surface area (Å²) in [5.41, 5.74) is -2.94. The van der Waals surface area contributed by atoms with Crippen LogP contribution in [0.25, 0.3) is 0 Å². The van der Waals surface area contributed by atoms with Crippen LogP contribution in [0.2, 0.25) is 0 Å². The van der Waals surface area contributed by atoms with E-state index in [0.717, 1.165) is 12.1 Å². The molecule has 1 heterocycles. The highest BCUT2D eigenvalue weighted by Gasteiger charge is 2.60. The number of fused-ring (bicyclic) bond motifs is 1. The summed E-state index contributed by atoms with van der Waals surface area (Å²) < 4.78 is 30.8. The second-order valence-corrected chi connectivity index (χ2v) is 11.6. The zero-order valence-corrected chi connectivity index (χ0v) is 22.9. The summed E-state index contributed by atoms with van der Waals surface area (Å²) in [6, 6.07) is 3.29. The van der Waals surface area contributed by atoms with Gasteiger partial charge in [0.05, 0.1) is 5.69 Å². The van der Waals surface area contributed by atoms with Crippen LogP contribution in [0.3, 0.4) is 0 Å². The van der Waals surface area contributed by atoms with Gasteiger partial charge < -0.3 is 14.2 Å². The van der Waals surface area contributed by atoms with Crippen LogP contribution in [-0.4, -0.2) is 46.0 Å². The zero-order chi connectivity index (χ0) is 28.6. The first-order valence-electron chi connectivity index (χ1n) is 11.7. The summed E-state index contributed by atoms with van der Waals surface area (Å²) >= 11 is 0. The molecule has 0 aromatic heterocycles. The second kappa shape index (κ2) is 10.0. The molecule has 204 valence electrons. The molecule has 4 amide bonds. The average molecular weight is 522 g/mol. The molecule has 0 radical (unpaired) electrons. The van der Waals surface area contributed by atoms with Gasteiger partial charge in [-0.3, -0.25) is 4.79 Å². The fourth-order valence-electron chi connectivity index (χ4n) is 3.64. The van der Waals surface area contributed by atoms with E-state index in [1.54, 1.807) is 62.3 Å². The number of nitrogens with zero attached hydrogens (tertiary/aromatic N) is 2. The van der Waals surface area contributed by atoms with Gasteiger partial charge in [0.2, 0.25) is 0 Å². The minimum Gasteiger partial charge on any atom is -0.443 e. The van der Waals surface area contributed by atoms with Crippen LogP contribution in [0, 0.1) is 5.82 Å². The van der Waals surface area contributed by atoms with Gasteiger partial charge >= 0.3 is 18.3 Å². The minimum atomic E-state index is -2.16. The number of carbonyl (C=O) groups is 4. The summed E-state index contributed by atoms with van der Waals surface area (Å²) in [7, 11) is 0. The quantitative estimate of drug-likeness (QED) is 0.315. The van der Waals surface area contributed by atoms with Gasteiger partial charge in [-0.15, -0.1) is 6.58 Å².